The molecule has 0 radical (unpaired) electrons. The summed E-state index contributed by atoms with van der Waals surface area (Å²) >= 11 is 1.25. The van der Waals surface area contributed by atoms with E-state index in [1.165, 1.54) is 21.2 Å². The Bertz CT molecular complexity index is 964. The molecule has 1 atom stereocenters. The van der Waals surface area contributed by atoms with Crippen LogP contribution >= 0.6 is 11.3 Å². The van der Waals surface area contributed by atoms with E-state index < -0.39 is 16.1 Å². The highest BCUT2D eigenvalue weighted by Gasteiger charge is 2.40. The standard InChI is InChI=1S/C21H28N2O3S2/c1-15-7-5-8-17(13-15)21(3,4)14-22-20(24)18-9-6-12-23(18)28(25,26)19-11-10-16(2)27-19/h5,7-8,10-11,13,18H,6,9,12,14H2,1-4H3,(H,22,24). The number of amides is 1. The van der Waals surface area contributed by atoms with Crippen molar-refractivity contribution in [1.82, 2.24) is 9.62 Å². The second-order valence-corrected chi connectivity index (χ2v) is 11.5. The molecule has 28 heavy (non-hydrogen) atoms. The first-order valence-corrected chi connectivity index (χ1v) is 11.8. The van der Waals surface area contributed by atoms with E-state index in [9.17, 15) is 13.2 Å². The van der Waals surface area contributed by atoms with Gasteiger partial charge in [0.1, 0.15) is 10.3 Å². The fraction of sp³-hybridized carbons (Fsp3) is 0.476. The van der Waals surface area contributed by atoms with E-state index in [-0.39, 0.29) is 11.3 Å². The van der Waals surface area contributed by atoms with E-state index >= 15 is 0 Å². The monoisotopic (exact) mass is 420 g/mol. The fourth-order valence-electron chi connectivity index (χ4n) is 3.55. The summed E-state index contributed by atoms with van der Waals surface area (Å²) in [6, 6.07) is 11.0. The highest BCUT2D eigenvalue weighted by molar-refractivity contribution is 7.91. The van der Waals surface area contributed by atoms with Gasteiger partial charge in [-0.3, -0.25) is 4.79 Å². The zero-order valence-electron chi connectivity index (χ0n) is 16.9. The Hall–Kier alpha value is -1.70. The zero-order chi connectivity index (χ0) is 20.5. The topological polar surface area (TPSA) is 66.5 Å². The number of benzene rings is 1. The molecule has 3 rings (SSSR count). The lowest BCUT2D eigenvalue weighted by atomic mass is 9.84. The van der Waals surface area contributed by atoms with Crippen LogP contribution in [0.1, 0.15) is 42.7 Å². The minimum Gasteiger partial charge on any atom is -0.354 e. The Morgan fingerprint density at radius 1 is 1.25 bits per heavy atom. The lowest BCUT2D eigenvalue weighted by molar-refractivity contribution is -0.124. The Morgan fingerprint density at radius 2 is 2.00 bits per heavy atom. The molecule has 1 aliphatic heterocycles. The molecule has 1 amide bonds. The van der Waals surface area contributed by atoms with Crippen molar-refractivity contribution in [3.63, 3.8) is 0 Å². The minimum absolute atomic E-state index is 0.213. The van der Waals surface area contributed by atoms with Gasteiger partial charge in [0.25, 0.3) is 10.0 Å². The van der Waals surface area contributed by atoms with E-state index in [0.29, 0.717) is 30.1 Å². The number of hydrogen-bond donors (Lipinski definition) is 1. The number of nitrogens with zero attached hydrogens (tertiary/aromatic N) is 1. The zero-order valence-corrected chi connectivity index (χ0v) is 18.5. The van der Waals surface area contributed by atoms with Crippen molar-refractivity contribution in [2.75, 3.05) is 13.1 Å². The highest BCUT2D eigenvalue weighted by atomic mass is 32.2. The first-order chi connectivity index (χ1) is 13.1. The second kappa shape index (κ2) is 7.97. The van der Waals surface area contributed by atoms with Crippen molar-refractivity contribution in [3.05, 3.63) is 52.4 Å². The average molecular weight is 421 g/mol. The maximum absolute atomic E-state index is 13.0. The summed E-state index contributed by atoms with van der Waals surface area (Å²) in [6.07, 6.45) is 1.25. The molecule has 1 saturated heterocycles. The smallest absolute Gasteiger partial charge is 0.253 e. The molecule has 2 heterocycles. The van der Waals surface area contributed by atoms with Crippen LogP contribution in [0.3, 0.4) is 0 Å². The molecular formula is C21H28N2O3S2. The van der Waals surface area contributed by atoms with Crippen LogP contribution in [-0.2, 0) is 20.2 Å². The van der Waals surface area contributed by atoms with Crippen molar-refractivity contribution >= 4 is 27.3 Å². The largest absolute Gasteiger partial charge is 0.354 e. The van der Waals surface area contributed by atoms with Crippen LogP contribution in [0.15, 0.2) is 40.6 Å². The number of hydrogen-bond acceptors (Lipinski definition) is 4. The number of carbonyl (C=O) groups is 1. The lowest BCUT2D eigenvalue weighted by Crippen LogP contribution is -2.48. The predicted molar refractivity (Wildman–Crippen MR) is 113 cm³/mol. The van der Waals surface area contributed by atoms with Gasteiger partial charge in [0.2, 0.25) is 5.91 Å². The molecule has 1 aromatic carbocycles. The average Bonchev–Trinajstić information content (AvgIpc) is 3.29. The van der Waals surface area contributed by atoms with Crippen LogP contribution in [0.5, 0.6) is 0 Å². The van der Waals surface area contributed by atoms with Gasteiger partial charge in [-0.2, -0.15) is 4.31 Å². The molecule has 0 aliphatic carbocycles. The summed E-state index contributed by atoms with van der Waals surface area (Å²) < 4.78 is 27.6. The van der Waals surface area contributed by atoms with Crippen LogP contribution in [0.2, 0.25) is 0 Å². The number of thiophene rings is 1. The Labute approximate surface area is 171 Å². The van der Waals surface area contributed by atoms with Crippen molar-refractivity contribution in [1.29, 1.82) is 0 Å². The van der Waals surface area contributed by atoms with Crippen LogP contribution in [0, 0.1) is 13.8 Å². The van der Waals surface area contributed by atoms with Gasteiger partial charge in [-0.1, -0.05) is 43.7 Å². The van der Waals surface area contributed by atoms with E-state index in [0.717, 1.165) is 10.4 Å². The van der Waals surface area contributed by atoms with E-state index in [1.54, 1.807) is 12.1 Å². The van der Waals surface area contributed by atoms with Gasteiger partial charge in [0, 0.05) is 23.4 Å². The van der Waals surface area contributed by atoms with Crippen molar-refractivity contribution in [2.24, 2.45) is 0 Å². The summed E-state index contributed by atoms with van der Waals surface area (Å²) in [5, 5.41) is 3.00. The summed E-state index contributed by atoms with van der Waals surface area (Å²) in [6.45, 7) is 8.94. The van der Waals surface area contributed by atoms with Gasteiger partial charge in [-0.25, -0.2) is 8.42 Å². The molecule has 1 aliphatic rings. The molecule has 5 nitrogen and oxygen atoms in total. The van der Waals surface area contributed by atoms with Crippen molar-refractivity contribution in [3.8, 4) is 0 Å². The summed E-state index contributed by atoms with van der Waals surface area (Å²) in [5.74, 6) is -0.213. The number of aryl methyl sites for hydroxylation is 2. The Kier molecular flexibility index (Phi) is 5.98. The van der Waals surface area contributed by atoms with Crippen LogP contribution in [0.25, 0.3) is 0 Å². The molecule has 1 aromatic heterocycles. The van der Waals surface area contributed by atoms with Gasteiger partial charge >= 0.3 is 0 Å². The molecular weight excluding hydrogens is 392 g/mol. The van der Waals surface area contributed by atoms with Gasteiger partial charge in [0.15, 0.2) is 0 Å². The van der Waals surface area contributed by atoms with Gasteiger partial charge < -0.3 is 5.32 Å². The van der Waals surface area contributed by atoms with E-state index in [4.69, 9.17) is 0 Å². The fourth-order valence-corrected chi connectivity index (χ4v) is 6.62. The Morgan fingerprint density at radius 3 is 2.64 bits per heavy atom. The SMILES string of the molecule is Cc1cccc(C(C)(C)CNC(=O)C2CCCN2S(=O)(=O)c2ccc(C)s2)c1. The molecule has 152 valence electrons. The Balaban J connectivity index is 1.71. The van der Waals surface area contributed by atoms with E-state index in [2.05, 4.69) is 31.3 Å². The molecule has 7 heteroatoms. The molecule has 1 N–H and O–H groups in total. The number of sulfonamides is 1. The quantitative estimate of drug-likeness (QED) is 0.776. The lowest BCUT2D eigenvalue weighted by Gasteiger charge is -2.28. The van der Waals surface area contributed by atoms with E-state index in [1.807, 2.05) is 26.0 Å². The molecule has 0 spiro atoms. The highest BCUT2D eigenvalue weighted by Crippen LogP contribution is 2.30. The normalized spacial score (nSPS) is 18.4. The third-order valence-electron chi connectivity index (χ3n) is 5.29. The number of carbonyl (C=O) groups excluding carboxylic acids is 1. The van der Waals surface area contributed by atoms with Crippen LogP contribution in [-0.4, -0.2) is 37.8 Å². The maximum atomic E-state index is 13.0. The van der Waals surface area contributed by atoms with Gasteiger partial charge in [-0.15, -0.1) is 11.3 Å². The molecule has 2 aromatic rings. The predicted octanol–water partition coefficient (Wildman–Crippen LogP) is 3.61. The number of nitrogens with one attached hydrogen (secondary N) is 1. The summed E-state index contributed by atoms with van der Waals surface area (Å²) in [4.78, 5) is 13.8. The third kappa shape index (κ3) is 4.31. The molecule has 0 bridgehead atoms. The third-order valence-corrected chi connectivity index (χ3v) is 8.67. The second-order valence-electron chi connectivity index (χ2n) is 8.11. The molecule has 1 unspecified atom stereocenters. The maximum Gasteiger partial charge on any atom is 0.253 e. The van der Waals surface area contributed by atoms with Crippen LogP contribution in [0.4, 0.5) is 0 Å². The first-order valence-electron chi connectivity index (χ1n) is 9.54. The number of rotatable bonds is 6. The van der Waals surface area contributed by atoms with Gasteiger partial charge in [0.05, 0.1) is 0 Å². The van der Waals surface area contributed by atoms with Crippen molar-refractivity contribution < 1.29 is 13.2 Å². The van der Waals surface area contributed by atoms with Crippen molar-refractivity contribution in [2.45, 2.75) is 56.2 Å². The summed E-state index contributed by atoms with van der Waals surface area (Å²) in [7, 11) is -3.63. The minimum atomic E-state index is -3.63. The summed E-state index contributed by atoms with van der Waals surface area (Å²) in [5.41, 5.74) is 2.09. The first kappa shape index (κ1) is 21.0. The molecule has 1 fully saturated rings. The molecule has 0 saturated carbocycles. The van der Waals surface area contributed by atoms with Crippen LogP contribution < -0.4 is 5.32 Å². The van der Waals surface area contributed by atoms with Gasteiger partial charge in [-0.05, 0) is 44.4 Å².